The van der Waals surface area contributed by atoms with E-state index in [0.29, 0.717) is 12.5 Å². The van der Waals surface area contributed by atoms with Gasteiger partial charge < -0.3 is 10.1 Å². The van der Waals surface area contributed by atoms with E-state index in [9.17, 15) is 14.9 Å². The molecular weight excluding hydrogens is 282 g/mol. The second-order valence-corrected chi connectivity index (χ2v) is 5.17. The summed E-state index contributed by atoms with van der Waals surface area (Å²) in [5, 5.41) is 13.9. The SMILES string of the molecule is COC(=O)c1ccc([N+](=O)[O-])c(NCC(C)CSC)n1. The van der Waals surface area contributed by atoms with Gasteiger partial charge in [0.15, 0.2) is 5.69 Å². The lowest BCUT2D eigenvalue weighted by Gasteiger charge is -2.12. The van der Waals surface area contributed by atoms with Gasteiger partial charge in [0.05, 0.1) is 12.0 Å². The summed E-state index contributed by atoms with van der Waals surface area (Å²) in [6.45, 7) is 2.57. The third kappa shape index (κ3) is 4.37. The standard InChI is InChI=1S/C12H17N3O4S/c1-8(7-20-3)6-13-11-10(15(17)18)5-4-9(14-11)12(16)19-2/h4-5,8H,6-7H2,1-3H3,(H,13,14). The Labute approximate surface area is 121 Å². The Hall–Kier alpha value is -1.83. The Morgan fingerprint density at radius 3 is 2.85 bits per heavy atom. The van der Waals surface area contributed by atoms with Crippen molar-refractivity contribution in [2.24, 2.45) is 5.92 Å². The number of esters is 1. The number of aromatic nitrogens is 1. The van der Waals surface area contributed by atoms with Crippen molar-refractivity contribution in [3.63, 3.8) is 0 Å². The second-order valence-electron chi connectivity index (χ2n) is 4.25. The molecule has 0 saturated heterocycles. The number of pyridine rings is 1. The van der Waals surface area contributed by atoms with Gasteiger partial charge >= 0.3 is 11.7 Å². The fourth-order valence-corrected chi connectivity index (χ4v) is 2.25. The second kappa shape index (κ2) is 7.68. The number of thioether (sulfide) groups is 1. The number of ether oxygens (including phenoxy) is 1. The predicted octanol–water partition coefficient (Wildman–Crippen LogP) is 2.19. The maximum absolute atomic E-state index is 11.4. The van der Waals surface area contributed by atoms with E-state index < -0.39 is 10.9 Å². The van der Waals surface area contributed by atoms with Crippen LogP contribution < -0.4 is 5.32 Å². The fraction of sp³-hybridized carbons (Fsp3) is 0.500. The molecule has 8 heteroatoms. The van der Waals surface area contributed by atoms with Crippen LogP contribution in [0.15, 0.2) is 12.1 Å². The number of carbonyl (C=O) groups excluding carboxylic acids is 1. The Balaban J connectivity index is 2.94. The average Bonchev–Trinajstić information content (AvgIpc) is 2.44. The normalized spacial score (nSPS) is 11.8. The lowest BCUT2D eigenvalue weighted by molar-refractivity contribution is -0.384. The van der Waals surface area contributed by atoms with Crippen LogP contribution in [0.25, 0.3) is 0 Å². The highest BCUT2D eigenvalue weighted by Crippen LogP contribution is 2.22. The summed E-state index contributed by atoms with van der Waals surface area (Å²) in [7, 11) is 1.24. The van der Waals surface area contributed by atoms with Gasteiger partial charge in [-0.25, -0.2) is 9.78 Å². The van der Waals surface area contributed by atoms with E-state index in [4.69, 9.17) is 0 Å². The van der Waals surface area contributed by atoms with Crippen LogP contribution in [0.5, 0.6) is 0 Å². The number of hydrogen-bond donors (Lipinski definition) is 1. The third-order valence-corrected chi connectivity index (χ3v) is 3.44. The molecule has 1 aromatic rings. The van der Waals surface area contributed by atoms with E-state index in [0.717, 1.165) is 5.75 Å². The van der Waals surface area contributed by atoms with Gasteiger partial charge in [-0.1, -0.05) is 6.92 Å². The number of hydrogen-bond acceptors (Lipinski definition) is 7. The van der Waals surface area contributed by atoms with Crippen LogP contribution in [-0.2, 0) is 4.74 Å². The number of anilines is 1. The Bertz CT molecular complexity index is 496. The van der Waals surface area contributed by atoms with Crippen LogP contribution in [0.2, 0.25) is 0 Å². The van der Waals surface area contributed by atoms with Gasteiger partial charge in [0.25, 0.3) is 0 Å². The van der Waals surface area contributed by atoms with Crippen LogP contribution in [0.4, 0.5) is 11.5 Å². The van der Waals surface area contributed by atoms with Crippen LogP contribution in [0.1, 0.15) is 17.4 Å². The van der Waals surface area contributed by atoms with Crippen molar-refractivity contribution in [2.45, 2.75) is 6.92 Å². The lowest BCUT2D eigenvalue weighted by atomic mass is 10.2. The maximum atomic E-state index is 11.4. The number of nitro groups is 1. The van der Waals surface area contributed by atoms with E-state index in [2.05, 4.69) is 15.0 Å². The molecule has 1 N–H and O–H groups in total. The van der Waals surface area contributed by atoms with Gasteiger partial charge in [0, 0.05) is 12.6 Å². The first-order chi connectivity index (χ1) is 9.49. The van der Waals surface area contributed by atoms with Gasteiger partial charge in [-0.05, 0) is 24.0 Å². The van der Waals surface area contributed by atoms with Crippen LogP contribution >= 0.6 is 11.8 Å². The van der Waals surface area contributed by atoms with E-state index in [1.165, 1.54) is 19.2 Å². The molecule has 1 atom stereocenters. The summed E-state index contributed by atoms with van der Waals surface area (Å²) in [6, 6.07) is 2.53. The molecule has 20 heavy (non-hydrogen) atoms. The molecule has 0 aliphatic rings. The van der Waals surface area contributed by atoms with Crippen molar-refractivity contribution in [3.05, 3.63) is 27.9 Å². The van der Waals surface area contributed by atoms with Crippen molar-refractivity contribution >= 4 is 29.2 Å². The molecule has 110 valence electrons. The zero-order chi connectivity index (χ0) is 15.1. The maximum Gasteiger partial charge on any atom is 0.356 e. The van der Waals surface area contributed by atoms with Gasteiger partial charge in [-0.2, -0.15) is 11.8 Å². The molecule has 1 aromatic heterocycles. The minimum atomic E-state index is -0.625. The molecule has 0 aliphatic carbocycles. The monoisotopic (exact) mass is 299 g/mol. The molecule has 0 aromatic carbocycles. The minimum absolute atomic E-state index is 0.0399. The number of nitrogens with one attached hydrogen (secondary N) is 1. The summed E-state index contributed by atoms with van der Waals surface area (Å²) >= 11 is 1.70. The number of methoxy groups -OCH3 is 1. The summed E-state index contributed by atoms with van der Waals surface area (Å²) < 4.78 is 4.55. The first-order valence-corrected chi connectivity index (χ1v) is 7.35. The molecule has 7 nitrogen and oxygen atoms in total. The third-order valence-electron chi connectivity index (χ3n) is 2.53. The van der Waals surface area contributed by atoms with Gasteiger partial charge in [0.2, 0.25) is 5.82 Å². The van der Waals surface area contributed by atoms with Gasteiger partial charge in [-0.3, -0.25) is 10.1 Å². The van der Waals surface area contributed by atoms with Crippen LogP contribution in [-0.4, -0.2) is 41.5 Å². The highest BCUT2D eigenvalue weighted by Gasteiger charge is 2.19. The molecule has 0 saturated carbocycles. The summed E-state index contributed by atoms with van der Waals surface area (Å²) in [5.41, 5.74) is -0.118. The van der Waals surface area contributed by atoms with Crippen molar-refractivity contribution in [3.8, 4) is 0 Å². The topological polar surface area (TPSA) is 94.4 Å². The smallest absolute Gasteiger partial charge is 0.356 e. The summed E-state index contributed by atoms with van der Waals surface area (Å²) in [5.74, 6) is 0.719. The molecule has 0 aliphatic heterocycles. The van der Waals surface area contributed by atoms with Crippen molar-refractivity contribution in [1.82, 2.24) is 4.98 Å². The molecule has 0 spiro atoms. The van der Waals surface area contributed by atoms with Gasteiger partial charge in [0.1, 0.15) is 0 Å². The molecule has 0 radical (unpaired) electrons. The van der Waals surface area contributed by atoms with Crippen LogP contribution in [0, 0.1) is 16.0 Å². The number of rotatable bonds is 7. The van der Waals surface area contributed by atoms with Crippen molar-refractivity contribution in [2.75, 3.05) is 31.0 Å². The molecule has 0 amide bonds. The molecule has 0 bridgehead atoms. The van der Waals surface area contributed by atoms with Crippen molar-refractivity contribution < 1.29 is 14.5 Å². The molecular formula is C12H17N3O4S. The van der Waals surface area contributed by atoms with E-state index >= 15 is 0 Å². The predicted molar refractivity (Wildman–Crippen MR) is 78.3 cm³/mol. The summed E-state index contributed by atoms with van der Waals surface area (Å²) in [6.07, 6.45) is 2.00. The fourth-order valence-electron chi connectivity index (χ4n) is 1.56. The van der Waals surface area contributed by atoms with Crippen molar-refractivity contribution in [1.29, 1.82) is 0 Å². The molecule has 1 rings (SSSR count). The Kier molecular flexibility index (Phi) is 6.23. The summed E-state index contributed by atoms with van der Waals surface area (Å²) in [4.78, 5) is 25.8. The number of nitrogens with zero attached hydrogens (tertiary/aromatic N) is 2. The van der Waals surface area contributed by atoms with Gasteiger partial charge in [-0.15, -0.1) is 0 Å². The largest absolute Gasteiger partial charge is 0.464 e. The molecule has 1 unspecified atom stereocenters. The highest BCUT2D eigenvalue weighted by molar-refractivity contribution is 7.98. The quantitative estimate of drug-likeness (QED) is 0.468. The highest BCUT2D eigenvalue weighted by atomic mass is 32.2. The Morgan fingerprint density at radius 1 is 1.60 bits per heavy atom. The minimum Gasteiger partial charge on any atom is -0.464 e. The van der Waals surface area contributed by atoms with E-state index in [1.807, 2.05) is 13.2 Å². The lowest BCUT2D eigenvalue weighted by Crippen LogP contribution is -2.16. The average molecular weight is 299 g/mol. The Morgan fingerprint density at radius 2 is 2.30 bits per heavy atom. The van der Waals surface area contributed by atoms with E-state index in [1.54, 1.807) is 11.8 Å². The first kappa shape index (κ1) is 16.2. The zero-order valence-electron chi connectivity index (χ0n) is 11.6. The zero-order valence-corrected chi connectivity index (χ0v) is 12.4. The molecule has 1 heterocycles. The first-order valence-electron chi connectivity index (χ1n) is 5.96. The number of carbonyl (C=O) groups is 1. The van der Waals surface area contributed by atoms with Crippen LogP contribution in [0.3, 0.4) is 0 Å². The molecule has 0 fully saturated rings. The van der Waals surface area contributed by atoms with E-state index in [-0.39, 0.29) is 17.2 Å².